The minimum absolute atomic E-state index is 0.0847. The van der Waals surface area contributed by atoms with Crippen LogP contribution in [0.3, 0.4) is 0 Å². The lowest BCUT2D eigenvalue weighted by molar-refractivity contribution is -0.149. The number of Topliss-reactive ketones (excluding diaryl/α,β-unsaturated/α-hetero) is 2. The molecule has 0 aliphatic carbocycles. The zero-order valence-corrected chi connectivity index (χ0v) is 16.8. The highest BCUT2D eigenvalue weighted by Gasteiger charge is 2.45. The molecule has 10 nitrogen and oxygen atoms in total. The van der Waals surface area contributed by atoms with E-state index < -0.39 is 39.8 Å². The predicted molar refractivity (Wildman–Crippen MR) is 107 cm³/mol. The van der Waals surface area contributed by atoms with E-state index in [4.69, 9.17) is 22.9 Å². The highest BCUT2D eigenvalue weighted by molar-refractivity contribution is 7.81. The zero-order valence-electron chi connectivity index (χ0n) is 15.9. The first kappa shape index (κ1) is 26.5. The van der Waals surface area contributed by atoms with Crippen molar-refractivity contribution in [2.45, 2.75) is 67.7 Å². The summed E-state index contributed by atoms with van der Waals surface area (Å²) in [5.41, 5.74) is 18.1. The van der Waals surface area contributed by atoms with Gasteiger partial charge in [-0.3, -0.25) is 9.59 Å². The van der Waals surface area contributed by atoms with Crippen molar-refractivity contribution in [2.75, 3.05) is 13.1 Å². The van der Waals surface area contributed by atoms with Crippen LogP contribution in [0.1, 0.15) is 51.4 Å². The van der Waals surface area contributed by atoms with Crippen molar-refractivity contribution in [1.29, 1.82) is 0 Å². The van der Waals surface area contributed by atoms with Crippen LogP contribution in [-0.4, -0.2) is 63.1 Å². The van der Waals surface area contributed by atoms with Gasteiger partial charge < -0.3 is 33.1 Å². The average molecular weight is 421 g/mol. The van der Waals surface area contributed by atoms with E-state index in [-0.39, 0.29) is 25.7 Å². The maximum atomic E-state index is 12.5. The number of hydrogen-bond acceptors (Lipinski definition) is 9. The van der Waals surface area contributed by atoms with E-state index in [0.717, 1.165) is 0 Å². The summed E-state index contributed by atoms with van der Waals surface area (Å²) in [6, 6.07) is 0. The molecule has 10 N–H and O–H groups in total. The lowest BCUT2D eigenvalue weighted by atomic mass is 9.83. The van der Waals surface area contributed by atoms with Crippen LogP contribution < -0.4 is 22.9 Å². The fraction of sp³-hybridized carbons (Fsp3) is 0.765. The molecule has 3 atom stereocenters. The van der Waals surface area contributed by atoms with Crippen molar-refractivity contribution in [3.8, 4) is 0 Å². The van der Waals surface area contributed by atoms with Crippen LogP contribution in [0, 0.1) is 0 Å². The van der Waals surface area contributed by atoms with Gasteiger partial charge in [-0.25, -0.2) is 9.59 Å². The molecule has 162 valence electrons. The van der Waals surface area contributed by atoms with E-state index >= 15 is 0 Å². The van der Waals surface area contributed by atoms with E-state index in [1.807, 2.05) is 0 Å². The van der Waals surface area contributed by atoms with E-state index in [2.05, 4.69) is 12.6 Å². The highest BCUT2D eigenvalue weighted by atomic mass is 32.1. The molecular weight excluding hydrogens is 388 g/mol. The number of hydrogen-bond donors (Lipinski definition) is 7. The van der Waals surface area contributed by atoms with Gasteiger partial charge in [0.05, 0.1) is 5.25 Å². The number of aliphatic carboxylic acids is 2. The third-order valence-corrected chi connectivity index (χ3v) is 5.19. The number of carbonyl (C=O) groups is 4. The Morgan fingerprint density at radius 2 is 1.25 bits per heavy atom. The molecule has 11 heteroatoms. The summed E-state index contributed by atoms with van der Waals surface area (Å²) >= 11 is 4.09. The third-order valence-electron chi connectivity index (χ3n) is 4.70. The van der Waals surface area contributed by atoms with Gasteiger partial charge in [0.2, 0.25) is 0 Å². The summed E-state index contributed by atoms with van der Waals surface area (Å²) in [6.45, 7) is 0.676. The van der Waals surface area contributed by atoms with Gasteiger partial charge in [-0.2, -0.15) is 12.6 Å². The van der Waals surface area contributed by atoms with Crippen molar-refractivity contribution >= 4 is 36.1 Å². The summed E-state index contributed by atoms with van der Waals surface area (Å²) in [5.74, 6) is -4.54. The number of ketones is 2. The lowest BCUT2D eigenvalue weighted by Crippen LogP contribution is -2.58. The molecule has 0 bridgehead atoms. The Kier molecular flexibility index (Phi) is 11.5. The second-order valence-electron chi connectivity index (χ2n) is 6.89. The van der Waals surface area contributed by atoms with Gasteiger partial charge >= 0.3 is 11.9 Å². The van der Waals surface area contributed by atoms with Crippen LogP contribution in [0.4, 0.5) is 0 Å². The Labute approximate surface area is 169 Å². The van der Waals surface area contributed by atoms with Gasteiger partial charge in [0.1, 0.15) is 0 Å². The molecule has 0 radical (unpaired) electrons. The molecule has 0 aromatic rings. The zero-order chi connectivity index (χ0) is 22.0. The normalized spacial score (nSPS) is 16.6. The maximum Gasteiger partial charge on any atom is 0.331 e. The Morgan fingerprint density at radius 1 is 0.821 bits per heavy atom. The molecule has 28 heavy (non-hydrogen) atoms. The molecule has 0 rings (SSSR count). The Morgan fingerprint density at radius 3 is 1.64 bits per heavy atom. The molecule has 0 amide bonds. The van der Waals surface area contributed by atoms with Crippen molar-refractivity contribution in [3.63, 3.8) is 0 Å². The number of unbranched alkanes of at least 4 members (excludes halogenated alkanes) is 2. The topological polar surface area (TPSA) is 213 Å². The first-order valence-corrected chi connectivity index (χ1v) is 9.69. The molecule has 0 saturated carbocycles. The van der Waals surface area contributed by atoms with Gasteiger partial charge in [0.15, 0.2) is 22.6 Å². The van der Waals surface area contributed by atoms with E-state index in [9.17, 15) is 29.4 Å². The standard InChI is InChI=1S/C17H32N4O6S/c18-9-3-1-7-16(20,14(24)25)12(22)6-5-11(28)13(23)17(21,15(26)27)8-2-4-10-19/h11,28H,1-10,18-21H2,(H,24,25)(H,26,27). The second kappa shape index (κ2) is 12.1. The number of thiol groups is 1. The summed E-state index contributed by atoms with van der Waals surface area (Å²) < 4.78 is 0. The molecule has 0 aliphatic rings. The first-order chi connectivity index (χ1) is 13.0. The smallest absolute Gasteiger partial charge is 0.331 e. The first-order valence-electron chi connectivity index (χ1n) is 9.17. The minimum Gasteiger partial charge on any atom is -0.480 e. The van der Waals surface area contributed by atoms with E-state index in [1.54, 1.807) is 0 Å². The summed E-state index contributed by atoms with van der Waals surface area (Å²) in [4.78, 5) is 47.9. The monoisotopic (exact) mass is 420 g/mol. The van der Waals surface area contributed by atoms with Crippen molar-refractivity contribution < 1.29 is 29.4 Å². The van der Waals surface area contributed by atoms with Crippen LogP contribution in [0.25, 0.3) is 0 Å². The average Bonchev–Trinajstić information content (AvgIpc) is 2.64. The van der Waals surface area contributed by atoms with Crippen LogP contribution in [-0.2, 0) is 19.2 Å². The van der Waals surface area contributed by atoms with Gasteiger partial charge in [0.25, 0.3) is 0 Å². The van der Waals surface area contributed by atoms with Gasteiger partial charge in [-0.15, -0.1) is 0 Å². The fourth-order valence-corrected chi connectivity index (χ4v) is 3.08. The Bertz CT molecular complexity index is 576. The maximum absolute atomic E-state index is 12.5. The molecule has 0 heterocycles. The van der Waals surface area contributed by atoms with Gasteiger partial charge in [0, 0.05) is 6.42 Å². The number of rotatable bonds is 16. The predicted octanol–water partition coefficient (Wildman–Crippen LogP) is -0.975. The van der Waals surface area contributed by atoms with Crippen LogP contribution in [0.2, 0.25) is 0 Å². The number of nitrogens with two attached hydrogens (primary N) is 4. The molecule has 0 spiro atoms. The third kappa shape index (κ3) is 7.13. The quantitative estimate of drug-likeness (QED) is 0.0920. The molecular formula is C17H32N4O6S. The van der Waals surface area contributed by atoms with E-state index in [0.29, 0.717) is 38.8 Å². The Hall–Kier alpha value is -1.53. The van der Waals surface area contributed by atoms with Crippen LogP contribution in [0.15, 0.2) is 0 Å². The summed E-state index contributed by atoms with van der Waals surface area (Å²) in [5, 5.41) is 17.5. The number of carbonyl (C=O) groups excluding carboxylic acids is 2. The minimum atomic E-state index is -2.14. The van der Waals surface area contributed by atoms with Crippen LogP contribution >= 0.6 is 12.6 Å². The second-order valence-corrected chi connectivity index (χ2v) is 7.51. The molecule has 0 aliphatic heterocycles. The highest BCUT2D eigenvalue weighted by Crippen LogP contribution is 2.22. The lowest BCUT2D eigenvalue weighted by Gasteiger charge is -2.27. The molecule has 0 aromatic carbocycles. The fourth-order valence-electron chi connectivity index (χ4n) is 2.72. The number of carboxylic acids is 2. The SMILES string of the molecule is NCCCCC(N)(C(=O)O)C(=O)CCC(S)C(=O)C(N)(CCCCN)C(=O)O. The van der Waals surface area contributed by atoms with Gasteiger partial charge in [-0.05, 0) is 58.0 Å². The molecule has 0 aromatic heterocycles. The van der Waals surface area contributed by atoms with Crippen LogP contribution in [0.5, 0.6) is 0 Å². The van der Waals surface area contributed by atoms with E-state index in [1.165, 1.54) is 0 Å². The van der Waals surface area contributed by atoms with Crippen molar-refractivity contribution in [1.82, 2.24) is 0 Å². The molecule has 3 unspecified atom stereocenters. The largest absolute Gasteiger partial charge is 0.480 e. The van der Waals surface area contributed by atoms with Gasteiger partial charge in [-0.1, -0.05) is 0 Å². The van der Waals surface area contributed by atoms with Crippen molar-refractivity contribution in [3.05, 3.63) is 0 Å². The summed E-state index contributed by atoms with van der Waals surface area (Å²) in [7, 11) is 0. The molecule has 0 fully saturated rings. The number of carboxylic acid groups (broad SMARTS) is 2. The summed E-state index contributed by atoms with van der Waals surface area (Å²) in [6.07, 6.45) is 1.02. The van der Waals surface area contributed by atoms with Crippen molar-refractivity contribution in [2.24, 2.45) is 22.9 Å². The Balaban J connectivity index is 5.05. The molecule has 0 saturated heterocycles.